The van der Waals surface area contributed by atoms with Crippen molar-refractivity contribution in [2.75, 3.05) is 7.11 Å². The summed E-state index contributed by atoms with van der Waals surface area (Å²) in [6.45, 7) is 5.69. The van der Waals surface area contributed by atoms with Crippen molar-refractivity contribution in [2.45, 2.75) is 58.2 Å². The lowest BCUT2D eigenvalue weighted by Crippen LogP contribution is -2.44. The predicted molar refractivity (Wildman–Crippen MR) is 84.8 cm³/mol. The van der Waals surface area contributed by atoms with Gasteiger partial charge in [0.05, 0.1) is 13.7 Å². The SMILES string of the molecule is C#CCCn1nnnc1CC[C@H](NC(=O)OC(C)(C)C)C(=O)OC. The van der Waals surface area contributed by atoms with Crippen LogP contribution in [0.15, 0.2) is 0 Å². The Morgan fingerprint density at radius 3 is 2.71 bits per heavy atom. The van der Waals surface area contributed by atoms with E-state index in [2.05, 4.69) is 26.8 Å². The first kappa shape index (κ1) is 19.4. The molecule has 0 aliphatic rings. The van der Waals surface area contributed by atoms with Gasteiger partial charge in [-0.05, 0) is 37.6 Å². The first-order valence-corrected chi connectivity index (χ1v) is 7.52. The van der Waals surface area contributed by atoms with E-state index < -0.39 is 23.7 Å². The minimum atomic E-state index is -0.859. The second-order valence-corrected chi connectivity index (χ2v) is 6.03. The van der Waals surface area contributed by atoms with Crippen molar-refractivity contribution in [1.82, 2.24) is 25.5 Å². The quantitative estimate of drug-likeness (QED) is 0.576. The fourth-order valence-corrected chi connectivity index (χ4v) is 1.86. The van der Waals surface area contributed by atoms with Crippen LogP contribution < -0.4 is 5.32 Å². The number of ether oxygens (including phenoxy) is 2. The molecule has 0 fully saturated rings. The molecular formula is C15H23N5O4. The molecule has 0 aliphatic heterocycles. The van der Waals surface area contributed by atoms with Gasteiger partial charge >= 0.3 is 12.1 Å². The molecule has 1 heterocycles. The number of carbonyl (C=O) groups is 2. The van der Waals surface area contributed by atoms with Crippen molar-refractivity contribution in [3.05, 3.63) is 5.82 Å². The third-order valence-electron chi connectivity index (χ3n) is 2.91. The number of aryl methyl sites for hydroxylation is 2. The topological polar surface area (TPSA) is 108 Å². The van der Waals surface area contributed by atoms with Crippen molar-refractivity contribution in [2.24, 2.45) is 0 Å². The molecule has 132 valence electrons. The normalized spacial score (nSPS) is 12.1. The first-order valence-electron chi connectivity index (χ1n) is 7.52. The maximum atomic E-state index is 11.9. The van der Waals surface area contributed by atoms with Crippen LogP contribution in [-0.4, -0.2) is 51.0 Å². The van der Waals surface area contributed by atoms with Crippen LogP contribution in [0.5, 0.6) is 0 Å². The maximum Gasteiger partial charge on any atom is 0.408 e. The Kier molecular flexibility index (Phi) is 7.17. The third-order valence-corrected chi connectivity index (χ3v) is 2.91. The van der Waals surface area contributed by atoms with E-state index in [1.807, 2.05) is 0 Å². The zero-order valence-corrected chi connectivity index (χ0v) is 14.4. The van der Waals surface area contributed by atoms with Crippen molar-refractivity contribution < 1.29 is 19.1 Å². The molecule has 9 heteroatoms. The number of methoxy groups -OCH3 is 1. The van der Waals surface area contributed by atoms with Gasteiger partial charge in [-0.15, -0.1) is 17.4 Å². The van der Waals surface area contributed by atoms with Crippen molar-refractivity contribution in [3.8, 4) is 12.3 Å². The fourth-order valence-electron chi connectivity index (χ4n) is 1.86. The lowest BCUT2D eigenvalue weighted by molar-refractivity contribution is -0.143. The highest BCUT2D eigenvalue weighted by Crippen LogP contribution is 2.09. The van der Waals surface area contributed by atoms with E-state index in [0.29, 0.717) is 25.2 Å². The smallest absolute Gasteiger partial charge is 0.408 e. The highest BCUT2D eigenvalue weighted by Gasteiger charge is 2.25. The summed E-state index contributed by atoms with van der Waals surface area (Å²) >= 11 is 0. The fraction of sp³-hybridized carbons (Fsp3) is 0.667. The number of hydrogen-bond acceptors (Lipinski definition) is 7. The number of alkyl carbamates (subject to hydrolysis) is 1. The number of rotatable bonds is 7. The van der Waals surface area contributed by atoms with E-state index in [0.717, 1.165) is 0 Å². The Bertz CT molecular complexity index is 600. The molecule has 0 saturated heterocycles. The van der Waals surface area contributed by atoms with E-state index in [1.165, 1.54) is 7.11 Å². The number of hydrogen-bond donors (Lipinski definition) is 1. The molecule has 0 radical (unpaired) electrons. The van der Waals surface area contributed by atoms with Crippen molar-refractivity contribution in [3.63, 3.8) is 0 Å². The molecule has 9 nitrogen and oxygen atoms in total. The Balaban J connectivity index is 2.67. The van der Waals surface area contributed by atoms with Gasteiger partial charge in [0.15, 0.2) is 5.82 Å². The molecule has 0 aromatic carbocycles. The van der Waals surface area contributed by atoms with Gasteiger partial charge in [-0.3, -0.25) is 0 Å². The van der Waals surface area contributed by atoms with Crippen LogP contribution in [0.4, 0.5) is 4.79 Å². The minimum Gasteiger partial charge on any atom is -0.467 e. The Labute approximate surface area is 141 Å². The number of carbonyl (C=O) groups excluding carboxylic acids is 2. The zero-order chi connectivity index (χ0) is 18.2. The molecule has 1 aromatic heterocycles. The van der Waals surface area contributed by atoms with E-state index in [4.69, 9.17) is 15.9 Å². The maximum absolute atomic E-state index is 11.9. The van der Waals surface area contributed by atoms with Crippen LogP contribution in [0, 0.1) is 12.3 Å². The average Bonchev–Trinajstić information content (AvgIpc) is 2.94. The second-order valence-electron chi connectivity index (χ2n) is 6.03. The lowest BCUT2D eigenvalue weighted by Gasteiger charge is -2.22. The molecule has 1 aromatic rings. The Morgan fingerprint density at radius 1 is 1.42 bits per heavy atom. The summed E-state index contributed by atoms with van der Waals surface area (Å²) < 4.78 is 11.4. The van der Waals surface area contributed by atoms with Gasteiger partial charge in [0, 0.05) is 12.8 Å². The summed E-state index contributed by atoms with van der Waals surface area (Å²) in [5, 5.41) is 13.8. The molecular weight excluding hydrogens is 314 g/mol. The van der Waals surface area contributed by atoms with Crippen molar-refractivity contribution >= 4 is 12.1 Å². The molecule has 1 rings (SSSR count). The minimum absolute atomic E-state index is 0.266. The first-order chi connectivity index (χ1) is 11.3. The van der Waals surface area contributed by atoms with Gasteiger partial charge in [-0.25, -0.2) is 14.3 Å². The van der Waals surface area contributed by atoms with Gasteiger partial charge < -0.3 is 14.8 Å². The average molecular weight is 337 g/mol. The second kappa shape index (κ2) is 8.86. The number of nitrogens with one attached hydrogen (secondary N) is 1. The number of aromatic nitrogens is 4. The molecule has 24 heavy (non-hydrogen) atoms. The van der Waals surface area contributed by atoms with Gasteiger partial charge in [-0.1, -0.05) is 0 Å². The number of tetrazole rings is 1. The van der Waals surface area contributed by atoms with Crippen LogP contribution in [0.2, 0.25) is 0 Å². The summed E-state index contributed by atoms with van der Waals surface area (Å²) in [5.41, 5.74) is -0.663. The molecule has 1 amide bonds. The van der Waals surface area contributed by atoms with Gasteiger partial charge in [-0.2, -0.15) is 0 Å². The third kappa shape index (κ3) is 6.64. The van der Waals surface area contributed by atoms with Gasteiger partial charge in [0.2, 0.25) is 0 Å². The Hall–Kier alpha value is -2.63. The van der Waals surface area contributed by atoms with Crippen LogP contribution in [-0.2, 0) is 27.2 Å². The van der Waals surface area contributed by atoms with E-state index >= 15 is 0 Å². The predicted octanol–water partition coefficient (Wildman–Crippen LogP) is 0.695. The molecule has 0 spiro atoms. The standard InChI is InChI=1S/C15H23N5O4/c1-6-7-10-20-12(17-18-19-20)9-8-11(13(21)23-5)16-14(22)24-15(2,3)4/h1,11H,7-10H2,2-5H3,(H,16,22)/t11-/m0/s1. The summed E-state index contributed by atoms with van der Waals surface area (Å²) in [6, 6.07) is -0.859. The number of nitrogens with zero attached hydrogens (tertiary/aromatic N) is 4. The largest absolute Gasteiger partial charge is 0.467 e. The highest BCUT2D eigenvalue weighted by atomic mass is 16.6. The lowest BCUT2D eigenvalue weighted by atomic mass is 10.1. The summed E-state index contributed by atoms with van der Waals surface area (Å²) in [5.74, 6) is 2.52. The van der Waals surface area contributed by atoms with Gasteiger partial charge in [0.1, 0.15) is 11.6 Å². The van der Waals surface area contributed by atoms with E-state index in [-0.39, 0.29) is 6.42 Å². The van der Waals surface area contributed by atoms with Crippen LogP contribution in [0.25, 0.3) is 0 Å². The van der Waals surface area contributed by atoms with E-state index in [1.54, 1.807) is 25.5 Å². The molecule has 0 unspecified atom stereocenters. The monoisotopic (exact) mass is 337 g/mol. The zero-order valence-electron chi connectivity index (χ0n) is 14.4. The summed E-state index contributed by atoms with van der Waals surface area (Å²) in [6.07, 6.45) is 5.66. The van der Waals surface area contributed by atoms with Gasteiger partial charge in [0.25, 0.3) is 0 Å². The highest BCUT2D eigenvalue weighted by molar-refractivity contribution is 5.81. The molecule has 0 saturated carbocycles. The van der Waals surface area contributed by atoms with Crippen LogP contribution in [0.1, 0.15) is 39.4 Å². The number of amides is 1. The van der Waals surface area contributed by atoms with E-state index in [9.17, 15) is 9.59 Å². The van der Waals surface area contributed by atoms with Crippen LogP contribution >= 0.6 is 0 Å². The van der Waals surface area contributed by atoms with Crippen LogP contribution in [0.3, 0.4) is 0 Å². The Morgan fingerprint density at radius 2 is 2.12 bits per heavy atom. The van der Waals surface area contributed by atoms with Crippen molar-refractivity contribution in [1.29, 1.82) is 0 Å². The summed E-state index contributed by atoms with van der Waals surface area (Å²) in [4.78, 5) is 23.7. The molecule has 0 aliphatic carbocycles. The molecule has 0 bridgehead atoms. The number of esters is 1. The molecule has 1 atom stereocenters. The molecule has 1 N–H and O–H groups in total. The summed E-state index contributed by atoms with van der Waals surface area (Å²) in [7, 11) is 1.25. The number of terminal acetylenes is 1.